The Bertz CT molecular complexity index is 170. The van der Waals surface area contributed by atoms with Crippen LogP contribution in [-0.2, 0) is 4.79 Å². The summed E-state index contributed by atoms with van der Waals surface area (Å²) in [7, 11) is 1.75. The van der Waals surface area contributed by atoms with Gasteiger partial charge in [-0.2, -0.15) is 0 Å². The Labute approximate surface area is 86.1 Å². The van der Waals surface area contributed by atoms with E-state index in [1.165, 1.54) is 0 Å². The van der Waals surface area contributed by atoms with Gasteiger partial charge in [0.05, 0.1) is 6.54 Å². The number of amides is 1. The third-order valence-corrected chi connectivity index (χ3v) is 2.11. The molecule has 0 aromatic heterocycles. The van der Waals surface area contributed by atoms with Crippen LogP contribution in [0.2, 0.25) is 0 Å². The van der Waals surface area contributed by atoms with Crippen LogP contribution in [0.25, 0.3) is 0 Å². The van der Waals surface area contributed by atoms with E-state index in [0.29, 0.717) is 13.1 Å². The second-order valence-electron chi connectivity index (χ2n) is 4.30. The minimum atomic E-state index is 0.0181. The topological polar surface area (TPSA) is 61.4 Å². The van der Waals surface area contributed by atoms with E-state index in [9.17, 15) is 4.79 Å². The van der Waals surface area contributed by atoms with Crippen LogP contribution >= 0.6 is 0 Å². The Morgan fingerprint density at radius 3 is 2.57 bits per heavy atom. The predicted molar refractivity (Wildman–Crippen MR) is 57.0 cm³/mol. The summed E-state index contributed by atoms with van der Waals surface area (Å²) in [6.07, 6.45) is 1.71. The zero-order chi connectivity index (χ0) is 11.0. The number of likely N-dealkylation sites (N-methyl/N-ethyl adjacent to an activating group) is 1. The van der Waals surface area contributed by atoms with Crippen LogP contribution < -0.4 is 10.6 Å². The number of hydrogen-bond donors (Lipinski definition) is 3. The Balaban J connectivity index is 3.68. The lowest BCUT2D eigenvalue weighted by Crippen LogP contribution is -2.38. The average Bonchev–Trinajstić information content (AvgIpc) is 2.13. The molecule has 0 fully saturated rings. The summed E-state index contributed by atoms with van der Waals surface area (Å²) >= 11 is 0. The molecule has 14 heavy (non-hydrogen) atoms. The fraction of sp³-hybridized carbons (Fsp3) is 0.900. The maximum absolute atomic E-state index is 11.1. The molecule has 1 amide bonds. The van der Waals surface area contributed by atoms with E-state index < -0.39 is 0 Å². The Morgan fingerprint density at radius 1 is 1.43 bits per heavy atom. The van der Waals surface area contributed by atoms with E-state index in [2.05, 4.69) is 24.5 Å². The van der Waals surface area contributed by atoms with Crippen molar-refractivity contribution in [2.24, 2.45) is 5.41 Å². The molecule has 3 N–H and O–H groups in total. The molecule has 4 nitrogen and oxygen atoms in total. The second-order valence-corrected chi connectivity index (χ2v) is 4.30. The zero-order valence-electron chi connectivity index (χ0n) is 9.39. The summed E-state index contributed by atoms with van der Waals surface area (Å²) in [5, 5.41) is 14.3. The van der Waals surface area contributed by atoms with Crippen LogP contribution in [0.15, 0.2) is 0 Å². The van der Waals surface area contributed by atoms with Crippen LogP contribution in [0.3, 0.4) is 0 Å². The van der Waals surface area contributed by atoms with E-state index in [1.54, 1.807) is 7.05 Å². The van der Waals surface area contributed by atoms with Crippen molar-refractivity contribution in [2.45, 2.75) is 26.7 Å². The first kappa shape index (κ1) is 13.4. The van der Waals surface area contributed by atoms with Gasteiger partial charge in [-0.3, -0.25) is 4.79 Å². The fourth-order valence-electron chi connectivity index (χ4n) is 1.21. The smallest absolute Gasteiger partial charge is 0.233 e. The van der Waals surface area contributed by atoms with Crippen molar-refractivity contribution in [1.82, 2.24) is 10.6 Å². The molecular formula is C10H22N2O2. The van der Waals surface area contributed by atoms with Crippen molar-refractivity contribution in [2.75, 3.05) is 26.7 Å². The second kappa shape index (κ2) is 6.79. The fourth-order valence-corrected chi connectivity index (χ4v) is 1.21. The summed E-state index contributed by atoms with van der Waals surface area (Å²) in [5.74, 6) is 0.0181. The first-order chi connectivity index (χ1) is 6.52. The van der Waals surface area contributed by atoms with Crippen LogP contribution in [0.5, 0.6) is 0 Å². The number of carbonyl (C=O) groups excluding carboxylic acids is 1. The highest BCUT2D eigenvalue weighted by molar-refractivity contribution is 5.77. The van der Waals surface area contributed by atoms with Gasteiger partial charge in [0, 0.05) is 13.2 Å². The maximum Gasteiger partial charge on any atom is 0.233 e. The minimum absolute atomic E-state index is 0.0181. The summed E-state index contributed by atoms with van der Waals surface area (Å²) in [4.78, 5) is 11.1. The van der Waals surface area contributed by atoms with Crippen molar-refractivity contribution >= 4 is 5.91 Å². The number of carbonyl (C=O) groups is 1. The van der Waals surface area contributed by atoms with Gasteiger partial charge in [0.15, 0.2) is 0 Å². The van der Waals surface area contributed by atoms with Gasteiger partial charge in [-0.05, 0) is 25.3 Å². The Morgan fingerprint density at radius 2 is 2.07 bits per heavy atom. The lowest BCUT2D eigenvalue weighted by atomic mass is 9.88. The van der Waals surface area contributed by atoms with Gasteiger partial charge < -0.3 is 15.7 Å². The van der Waals surface area contributed by atoms with E-state index in [-0.39, 0.29) is 17.9 Å². The summed E-state index contributed by atoms with van der Waals surface area (Å²) in [6, 6.07) is 0. The first-order valence-corrected chi connectivity index (χ1v) is 5.04. The molecule has 0 bridgehead atoms. The number of aliphatic hydroxyl groups excluding tert-OH is 1. The average molecular weight is 202 g/mol. The van der Waals surface area contributed by atoms with Gasteiger partial charge in [0.25, 0.3) is 0 Å². The number of hydrogen-bond acceptors (Lipinski definition) is 3. The van der Waals surface area contributed by atoms with Gasteiger partial charge in [0.2, 0.25) is 5.91 Å². The van der Waals surface area contributed by atoms with Crippen LogP contribution in [-0.4, -0.2) is 37.8 Å². The van der Waals surface area contributed by atoms with E-state index >= 15 is 0 Å². The number of aliphatic hydroxyl groups is 1. The largest absolute Gasteiger partial charge is 0.396 e. The molecule has 4 heteroatoms. The van der Waals surface area contributed by atoms with Gasteiger partial charge in [0.1, 0.15) is 0 Å². The van der Waals surface area contributed by atoms with E-state index in [4.69, 9.17) is 5.11 Å². The molecular weight excluding hydrogens is 180 g/mol. The van der Waals surface area contributed by atoms with Crippen LogP contribution in [0, 0.1) is 5.41 Å². The molecule has 0 heterocycles. The van der Waals surface area contributed by atoms with Crippen molar-refractivity contribution in [3.8, 4) is 0 Å². The van der Waals surface area contributed by atoms with Gasteiger partial charge in [-0.1, -0.05) is 13.8 Å². The molecule has 0 aromatic rings. The van der Waals surface area contributed by atoms with E-state index in [1.807, 2.05) is 0 Å². The van der Waals surface area contributed by atoms with Crippen LogP contribution in [0.1, 0.15) is 26.7 Å². The van der Waals surface area contributed by atoms with Gasteiger partial charge in [-0.25, -0.2) is 0 Å². The van der Waals surface area contributed by atoms with E-state index in [0.717, 1.165) is 12.8 Å². The molecule has 0 aliphatic rings. The predicted octanol–water partition coefficient (Wildman–Crippen LogP) is 0.121. The molecule has 0 spiro atoms. The number of rotatable bonds is 7. The molecule has 0 radical (unpaired) electrons. The van der Waals surface area contributed by atoms with Gasteiger partial charge in [-0.15, -0.1) is 0 Å². The van der Waals surface area contributed by atoms with Gasteiger partial charge >= 0.3 is 0 Å². The van der Waals surface area contributed by atoms with Crippen molar-refractivity contribution in [3.63, 3.8) is 0 Å². The third-order valence-electron chi connectivity index (χ3n) is 2.11. The standard InChI is InChI=1S/C10H22N2O2/c1-10(2,5-4-6-13)8-12-9(14)7-11-3/h11,13H,4-8H2,1-3H3,(H,12,14). The monoisotopic (exact) mass is 202 g/mol. The highest BCUT2D eigenvalue weighted by Crippen LogP contribution is 2.20. The minimum Gasteiger partial charge on any atom is -0.396 e. The quantitative estimate of drug-likeness (QED) is 0.549. The summed E-state index contributed by atoms with van der Waals surface area (Å²) in [5.41, 5.74) is 0.0616. The van der Waals surface area contributed by atoms with Crippen molar-refractivity contribution < 1.29 is 9.90 Å². The molecule has 0 saturated carbocycles. The van der Waals surface area contributed by atoms with Crippen molar-refractivity contribution in [3.05, 3.63) is 0 Å². The molecule has 0 aromatic carbocycles. The SMILES string of the molecule is CNCC(=O)NCC(C)(C)CCCO. The third kappa shape index (κ3) is 6.86. The lowest BCUT2D eigenvalue weighted by molar-refractivity contribution is -0.120. The molecule has 0 saturated heterocycles. The maximum atomic E-state index is 11.1. The molecule has 0 aliphatic carbocycles. The lowest BCUT2D eigenvalue weighted by Gasteiger charge is -2.24. The molecule has 0 unspecified atom stereocenters. The highest BCUT2D eigenvalue weighted by atomic mass is 16.2. The first-order valence-electron chi connectivity index (χ1n) is 5.04. The van der Waals surface area contributed by atoms with Crippen LogP contribution in [0.4, 0.5) is 0 Å². The number of nitrogens with one attached hydrogen (secondary N) is 2. The summed E-state index contributed by atoms with van der Waals surface area (Å²) in [6.45, 7) is 5.40. The molecule has 84 valence electrons. The Kier molecular flexibility index (Phi) is 6.49. The zero-order valence-corrected chi connectivity index (χ0v) is 9.39. The Hall–Kier alpha value is -0.610. The summed E-state index contributed by atoms with van der Waals surface area (Å²) < 4.78 is 0. The molecule has 0 rings (SSSR count). The molecule has 0 aliphatic heterocycles. The highest BCUT2D eigenvalue weighted by Gasteiger charge is 2.17. The van der Waals surface area contributed by atoms with Crippen molar-refractivity contribution in [1.29, 1.82) is 0 Å². The normalized spacial score (nSPS) is 11.4. The molecule has 0 atom stereocenters.